The van der Waals surface area contributed by atoms with Gasteiger partial charge in [0.15, 0.2) is 5.69 Å². The van der Waals surface area contributed by atoms with E-state index in [0.29, 0.717) is 27.8 Å². The van der Waals surface area contributed by atoms with Crippen molar-refractivity contribution < 1.29 is 18.7 Å². The minimum Gasteiger partial charge on any atom is -0.495 e. The third-order valence-corrected chi connectivity index (χ3v) is 4.92. The van der Waals surface area contributed by atoms with Gasteiger partial charge in [0.1, 0.15) is 11.6 Å². The Hall–Kier alpha value is -4.17. The number of carbonyl (C=O) groups is 2. The van der Waals surface area contributed by atoms with Crippen molar-refractivity contribution in [1.82, 2.24) is 9.78 Å². The zero-order valence-corrected chi connectivity index (χ0v) is 18.1. The Labute approximate surface area is 193 Å². The predicted molar refractivity (Wildman–Crippen MR) is 124 cm³/mol. The zero-order chi connectivity index (χ0) is 23.4. The molecule has 0 aliphatic heterocycles. The van der Waals surface area contributed by atoms with Gasteiger partial charge in [0.25, 0.3) is 11.8 Å². The number of methoxy groups -OCH3 is 1. The van der Waals surface area contributed by atoms with Gasteiger partial charge in [-0.25, -0.2) is 9.07 Å². The maximum Gasteiger partial charge on any atom is 0.276 e. The Morgan fingerprint density at radius 2 is 1.79 bits per heavy atom. The Morgan fingerprint density at radius 3 is 2.55 bits per heavy atom. The topological polar surface area (TPSA) is 85.2 Å². The van der Waals surface area contributed by atoms with Crippen molar-refractivity contribution in [3.8, 4) is 11.4 Å². The van der Waals surface area contributed by atoms with Crippen LogP contribution in [0.15, 0.2) is 79.0 Å². The fraction of sp³-hybridized carbons (Fsp3) is 0.0417. The molecule has 0 atom stereocenters. The Morgan fingerprint density at radius 1 is 0.970 bits per heavy atom. The first-order chi connectivity index (χ1) is 15.9. The summed E-state index contributed by atoms with van der Waals surface area (Å²) >= 11 is 6.01. The SMILES string of the molecule is COc1ccc(NC(=O)c2ccn(-c3cccc(Cl)c3)n2)cc1NC(=O)c1cccc(F)c1. The lowest BCUT2D eigenvalue weighted by Crippen LogP contribution is -2.15. The Balaban J connectivity index is 1.52. The van der Waals surface area contributed by atoms with Gasteiger partial charge < -0.3 is 15.4 Å². The number of carbonyl (C=O) groups excluding carboxylic acids is 2. The number of rotatable bonds is 6. The lowest BCUT2D eigenvalue weighted by Gasteiger charge is -2.13. The van der Waals surface area contributed by atoms with Crippen molar-refractivity contribution in [3.63, 3.8) is 0 Å². The van der Waals surface area contributed by atoms with Crippen LogP contribution in [0, 0.1) is 5.82 Å². The minimum absolute atomic E-state index is 0.151. The first-order valence-electron chi connectivity index (χ1n) is 9.81. The van der Waals surface area contributed by atoms with E-state index in [-0.39, 0.29) is 11.3 Å². The molecule has 1 aromatic heterocycles. The summed E-state index contributed by atoms with van der Waals surface area (Å²) in [5, 5.41) is 10.3. The molecule has 0 fully saturated rings. The second-order valence-electron chi connectivity index (χ2n) is 6.96. The number of nitrogens with one attached hydrogen (secondary N) is 2. The van der Waals surface area contributed by atoms with Gasteiger partial charge in [-0.15, -0.1) is 0 Å². The lowest BCUT2D eigenvalue weighted by atomic mass is 10.2. The van der Waals surface area contributed by atoms with E-state index in [4.69, 9.17) is 16.3 Å². The van der Waals surface area contributed by atoms with Crippen molar-refractivity contribution in [1.29, 1.82) is 0 Å². The van der Waals surface area contributed by atoms with Crippen LogP contribution < -0.4 is 15.4 Å². The number of hydrogen-bond acceptors (Lipinski definition) is 4. The van der Waals surface area contributed by atoms with Crippen LogP contribution in [-0.2, 0) is 0 Å². The van der Waals surface area contributed by atoms with E-state index in [9.17, 15) is 14.0 Å². The van der Waals surface area contributed by atoms with Crippen LogP contribution in [0.25, 0.3) is 5.69 Å². The molecular weight excluding hydrogens is 447 g/mol. The van der Waals surface area contributed by atoms with Crippen molar-refractivity contribution >= 4 is 34.8 Å². The largest absolute Gasteiger partial charge is 0.495 e. The van der Waals surface area contributed by atoms with Gasteiger partial charge in [-0.1, -0.05) is 23.7 Å². The third kappa shape index (κ3) is 5.19. The molecule has 2 N–H and O–H groups in total. The molecule has 0 aliphatic carbocycles. The number of anilines is 2. The van der Waals surface area contributed by atoms with Gasteiger partial charge in [0, 0.05) is 22.5 Å². The summed E-state index contributed by atoms with van der Waals surface area (Å²) in [5.74, 6) is -1.10. The molecular formula is C24H18ClFN4O3. The highest BCUT2D eigenvalue weighted by Crippen LogP contribution is 2.28. The molecule has 33 heavy (non-hydrogen) atoms. The van der Waals surface area contributed by atoms with Gasteiger partial charge in [-0.2, -0.15) is 5.10 Å². The third-order valence-electron chi connectivity index (χ3n) is 4.69. The molecule has 0 saturated heterocycles. The average Bonchev–Trinajstić information content (AvgIpc) is 3.30. The zero-order valence-electron chi connectivity index (χ0n) is 17.4. The standard InChI is InChI=1S/C24H18ClFN4O3/c1-33-22-9-8-18(14-21(22)28-23(31)15-4-2-6-17(26)12-15)27-24(32)20-10-11-30(29-20)19-7-3-5-16(25)13-19/h2-14H,1H3,(H,27,32)(H,28,31). The number of benzene rings is 3. The summed E-state index contributed by atoms with van der Waals surface area (Å²) in [4.78, 5) is 25.2. The number of aromatic nitrogens is 2. The molecule has 3 aromatic carbocycles. The van der Waals surface area contributed by atoms with Crippen LogP contribution in [0.3, 0.4) is 0 Å². The van der Waals surface area contributed by atoms with Crippen LogP contribution in [-0.4, -0.2) is 28.7 Å². The molecule has 0 aliphatic rings. The minimum atomic E-state index is -0.521. The van der Waals surface area contributed by atoms with E-state index in [1.807, 2.05) is 6.07 Å². The summed E-state index contributed by atoms with van der Waals surface area (Å²) in [5.41, 5.74) is 1.78. The molecule has 9 heteroatoms. The molecule has 4 aromatic rings. The van der Waals surface area contributed by atoms with Gasteiger partial charge in [0.05, 0.1) is 18.5 Å². The molecule has 0 radical (unpaired) electrons. The van der Waals surface area contributed by atoms with E-state index in [1.165, 1.54) is 25.3 Å². The molecule has 7 nitrogen and oxygen atoms in total. The van der Waals surface area contributed by atoms with Crippen molar-refractivity contribution in [2.45, 2.75) is 0 Å². The molecule has 0 saturated carbocycles. The normalized spacial score (nSPS) is 10.5. The van der Waals surface area contributed by atoms with E-state index >= 15 is 0 Å². The van der Waals surface area contributed by atoms with Crippen molar-refractivity contribution in [2.24, 2.45) is 0 Å². The van der Waals surface area contributed by atoms with Crippen LogP contribution in [0.5, 0.6) is 5.75 Å². The summed E-state index contributed by atoms with van der Waals surface area (Å²) in [6.07, 6.45) is 1.65. The first-order valence-corrected chi connectivity index (χ1v) is 10.2. The molecule has 0 unspecified atom stereocenters. The van der Waals surface area contributed by atoms with Crippen molar-refractivity contribution in [3.05, 3.63) is 101 Å². The van der Waals surface area contributed by atoms with E-state index in [0.717, 1.165) is 6.07 Å². The number of amides is 2. The molecule has 0 spiro atoms. The quantitative estimate of drug-likeness (QED) is 0.412. The van der Waals surface area contributed by atoms with Crippen LogP contribution in [0.1, 0.15) is 20.8 Å². The average molecular weight is 465 g/mol. The van der Waals surface area contributed by atoms with Crippen molar-refractivity contribution in [2.75, 3.05) is 17.7 Å². The monoisotopic (exact) mass is 464 g/mol. The predicted octanol–water partition coefficient (Wildman–Crippen LogP) is 5.18. The number of ether oxygens (including phenoxy) is 1. The molecule has 2 amide bonds. The van der Waals surface area contributed by atoms with Gasteiger partial charge in [-0.05, 0) is 60.7 Å². The fourth-order valence-electron chi connectivity index (χ4n) is 3.11. The summed E-state index contributed by atoms with van der Waals surface area (Å²) in [6, 6.07) is 18.7. The highest BCUT2D eigenvalue weighted by atomic mass is 35.5. The van der Waals surface area contributed by atoms with E-state index in [2.05, 4.69) is 15.7 Å². The second kappa shape index (κ2) is 9.54. The highest BCUT2D eigenvalue weighted by Gasteiger charge is 2.15. The molecule has 0 bridgehead atoms. The number of hydrogen-bond donors (Lipinski definition) is 2. The van der Waals surface area contributed by atoms with Crippen LogP contribution >= 0.6 is 11.6 Å². The molecule has 166 valence electrons. The maximum absolute atomic E-state index is 13.4. The second-order valence-corrected chi connectivity index (χ2v) is 7.40. The first kappa shape index (κ1) is 22.0. The summed E-state index contributed by atoms with van der Waals surface area (Å²) < 4.78 is 20.3. The van der Waals surface area contributed by atoms with Gasteiger partial charge in [-0.3, -0.25) is 9.59 Å². The van der Waals surface area contributed by atoms with E-state index < -0.39 is 17.6 Å². The Bertz CT molecular complexity index is 1340. The van der Waals surface area contributed by atoms with Crippen LogP contribution in [0.4, 0.5) is 15.8 Å². The van der Waals surface area contributed by atoms with Crippen LogP contribution in [0.2, 0.25) is 5.02 Å². The van der Waals surface area contributed by atoms with Gasteiger partial charge in [0.2, 0.25) is 0 Å². The molecule has 1 heterocycles. The highest BCUT2D eigenvalue weighted by molar-refractivity contribution is 6.30. The molecule has 4 rings (SSSR count). The maximum atomic E-state index is 13.4. The lowest BCUT2D eigenvalue weighted by molar-refractivity contribution is 0.101. The van der Waals surface area contributed by atoms with E-state index in [1.54, 1.807) is 53.3 Å². The Kier molecular flexibility index (Phi) is 6.37. The number of halogens is 2. The summed E-state index contributed by atoms with van der Waals surface area (Å²) in [6.45, 7) is 0. The van der Waals surface area contributed by atoms with Gasteiger partial charge >= 0.3 is 0 Å². The fourth-order valence-corrected chi connectivity index (χ4v) is 3.29. The smallest absolute Gasteiger partial charge is 0.276 e. The summed E-state index contributed by atoms with van der Waals surface area (Å²) in [7, 11) is 1.45. The number of nitrogens with zero attached hydrogens (tertiary/aromatic N) is 2.